The predicted octanol–water partition coefficient (Wildman–Crippen LogP) is 2.55. The SMILES string of the molecule is COCC(=O)N1CCCc2ccc(NS(=O)(=O)c3cccc(F)c3)cc21. The summed E-state index contributed by atoms with van der Waals surface area (Å²) in [5.41, 5.74) is 1.94. The van der Waals surface area contributed by atoms with E-state index in [1.54, 1.807) is 23.1 Å². The second-order valence-electron chi connectivity index (χ2n) is 5.99. The summed E-state index contributed by atoms with van der Waals surface area (Å²) in [7, 11) is -2.48. The van der Waals surface area contributed by atoms with Crippen molar-refractivity contribution in [3.8, 4) is 0 Å². The summed E-state index contributed by atoms with van der Waals surface area (Å²) in [6, 6.07) is 9.84. The number of nitrogens with one attached hydrogen (secondary N) is 1. The van der Waals surface area contributed by atoms with E-state index < -0.39 is 15.8 Å². The molecule has 0 aliphatic carbocycles. The number of methoxy groups -OCH3 is 1. The highest BCUT2D eigenvalue weighted by atomic mass is 32.2. The van der Waals surface area contributed by atoms with Crippen LogP contribution in [0.5, 0.6) is 0 Å². The minimum Gasteiger partial charge on any atom is -0.375 e. The first kappa shape index (κ1) is 18.3. The normalized spacial score (nSPS) is 14.0. The maximum Gasteiger partial charge on any atom is 0.261 e. The molecule has 0 radical (unpaired) electrons. The summed E-state index contributed by atoms with van der Waals surface area (Å²) in [5, 5.41) is 0. The van der Waals surface area contributed by atoms with Crippen LogP contribution in [0.3, 0.4) is 0 Å². The molecule has 0 atom stereocenters. The van der Waals surface area contributed by atoms with Gasteiger partial charge in [-0.05, 0) is 48.7 Å². The molecule has 2 aromatic carbocycles. The van der Waals surface area contributed by atoms with E-state index >= 15 is 0 Å². The minimum absolute atomic E-state index is 0.0430. The smallest absolute Gasteiger partial charge is 0.261 e. The maximum atomic E-state index is 13.3. The Kier molecular flexibility index (Phi) is 5.24. The lowest BCUT2D eigenvalue weighted by atomic mass is 10.0. The summed E-state index contributed by atoms with van der Waals surface area (Å²) in [4.78, 5) is 13.7. The molecule has 1 heterocycles. The Morgan fingerprint density at radius 2 is 2.08 bits per heavy atom. The first-order valence-corrected chi connectivity index (χ1v) is 9.59. The zero-order chi connectivity index (χ0) is 18.7. The van der Waals surface area contributed by atoms with Gasteiger partial charge in [-0.25, -0.2) is 12.8 Å². The Balaban J connectivity index is 1.90. The van der Waals surface area contributed by atoms with Crippen molar-refractivity contribution in [3.63, 3.8) is 0 Å². The summed E-state index contributed by atoms with van der Waals surface area (Å²) in [6.07, 6.45) is 1.64. The van der Waals surface area contributed by atoms with Crippen molar-refractivity contribution in [1.29, 1.82) is 0 Å². The molecule has 3 rings (SSSR count). The van der Waals surface area contributed by atoms with Gasteiger partial charge in [0.2, 0.25) is 0 Å². The Hall–Kier alpha value is -2.45. The Labute approximate surface area is 151 Å². The molecule has 1 aliphatic rings. The highest BCUT2D eigenvalue weighted by molar-refractivity contribution is 7.92. The average Bonchev–Trinajstić information content (AvgIpc) is 2.61. The fraction of sp³-hybridized carbons (Fsp3) is 0.278. The van der Waals surface area contributed by atoms with Crippen molar-refractivity contribution in [3.05, 3.63) is 53.8 Å². The molecule has 0 saturated heterocycles. The van der Waals surface area contributed by atoms with Gasteiger partial charge in [-0.3, -0.25) is 9.52 Å². The molecule has 26 heavy (non-hydrogen) atoms. The number of benzene rings is 2. The molecule has 1 aliphatic heterocycles. The van der Waals surface area contributed by atoms with E-state index in [0.29, 0.717) is 17.9 Å². The van der Waals surface area contributed by atoms with Gasteiger partial charge in [0, 0.05) is 19.3 Å². The molecular weight excluding hydrogens is 359 g/mol. The number of carbonyl (C=O) groups excluding carboxylic acids is 1. The third kappa shape index (κ3) is 3.86. The predicted molar refractivity (Wildman–Crippen MR) is 96.2 cm³/mol. The third-order valence-corrected chi connectivity index (χ3v) is 5.51. The van der Waals surface area contributed by atoms with Crippen LogP contribution in [0.4, 0.5) is 15.8 Å². The highest BCUT2D eigenvalue weighted by Crippen LogP contribution is 2.31. The molecule has 1 N–H and O–H groups in total. The molecule has 0 fully saturated rings. The first-order chi connectivity index (χ1) is 12.4. The van der Waals surface area contributed by atoms with E-state index in [4.69, 9.17) is 4.74 Å². The van der Waals surface area contributed by atoms with Crippen LogP contribution in [-0.2, 0) is 26.0 Å². The number of carbonyl (C=O) groups is 1. The first-order valence-electron chi connectivity index (χ1n) is 8.11. The van der Waals surface area contributed by atoms with Gasteiger partial charge >= 0.3 is 0 Å². The maximum absolute atomic E-state index is 13.3. The number of nitrogens with zero attached hydrogens (tertiary/aromatic N) is 1. The van der Waals surface area contributed by atoms with Gasteiger partial charge in [0.25, 0.3) is 15.9 Å². The van der Waals surface area contributed by atoms with Crippen LogP contribution in [0, 0.1) is 5.82 Å². The zero-order valence-corrected chi connectivity index (χ0v) is 15.1. The molecule has 0 bridgehead atoms. The number of anilines is 2. The number of rotatable bonds is 5. The van der Waals surface area contributed by atoms with Crippen LogP contribution in [0.15, 0.2) is 47.4 Å². The Morgan fingerprint density at radius 1 is 1.27 bits per heavy atom. The number of amides is 1. The molecule has 0 spiro atoms. The van der Waals surface area contributed by atoms with Crippen LogP contribution in [0.1, 0.15) is 12.0 Å². The lowest BCUT2D eigenvalue weighted by molar-refractivity contribution is -0.122. The Morgan fingerprint density at radius 3 is 2.81 bits per heavy atom. The van der Waals surface area contributed by atoms with Gasteiger partial charge in [-0.15, -0.1) is 0 Å². The van der Waals surface area contributed by atoms with Gasteiger partial charge in [0.05, 0.1) is 10.6 Å². The molecule has 0 aromatic heterocycles. The third-order valence-electron chi connectivity index (χ3n) is 4.13. The fourth-order valence-corrected chi connectivity index (χ4v) is 4.03. The van der Waals surface area contributed by atoms with E-state index in [-0.39, 0.29) is 17.4 Å². The molecule has 0 unspecified atom stereocenters. The summed E-state index contributed by atoms with van der Waals surface area (Å²) in [5.74, 6) is -0.812. The lowest BCUT2D eigenvalue weighted by Gasteiger charge is -2.30. The second-order valence-corrected chi connectivity index (χ2v) is 7.67. The van der Waals surface area contributed by atoms with Crippen LogP contribution in [-0.4, -0.2) is 34.6 Å². The topological polar surface area (TPSA) is 75.7 Å². The molecular formula is C18H19FN2O4S. The van der Waals surface area contributed by atoms with Crippen LogP contribution in [0.25, 0.3) is 0 Å². The number of hydrogen-bond donors (Lipinski definition) is 1. The van der Waals surface area contributed by atoms with Crippen molar-refractivity contribution < 1.29 is 22.3 Å². The van der Waals surface area contributed by atoms with Crippen molar-refractivity contribution in [1.82, 2.24) is 0 Å². The molecule has 6 nitrogen and oxygen atoms in total. The summed E-state index contributed by atoms with van der Waals surface area (Å²) >= 11 is 0. The standard InChI is InChI=1S/C18H19FN2O4S/c1-25-12-18(22)21-9-3-4-13-7-8-15(11-17(13)21)20-26(23,24)16-6-2-5-14(19)10-16/h2,5-8,10-11,20H,3-4,9,12H2,1H3. The van der Waals surface area contributed by atoms with E-state index in [1.807, 2.05) is 0 Å². The molecule has 8 heteroatoms. The molecule has 2 aromatic rings. The fourth-order valence-electron chi connectivity index (χ4n) is 2.95. The van der Waals surface area contributed by atoms with Gasteiger partial charge < -0.3 is 9.64 Å². The van der Waals surface area contributed by atoms with Crippen molar-refractivity contribution in [2.24, 2.45) is 0 Å². The number of hydrogen-bond acceptors (Lipinski definition) is 4. The monoisotopic (exact) mass is 378 g/mol. The number of aryl methyl sites for hydroxylation is 1. The summed E-state index contributed by atoms with van der Waals surface area (Å²) < 4.78 is 45.6. The number of fused-ring (bicyclic) bond motifs is 1. The minimum atomic E-state index is -3.93. The van der Waals surface area contributed by atoms with Crippen molar-refractivity contribution in [2.45, 2.75) is 17.7 Å². The number of sulfonamides is 1. The van der Waals surface area contributed by atoms with Crippen LogP contribution < -0.4 is 9.62 Å². The lowest BCUT2D eigenvalue weighted by Crippen LogP contribution is -2.37. The molecule has 0 saturated carbocycles. The highest BCUT2D eigenvalue weighted by Gasteiger charge is 2.23. The summed E-state index contributed by atoms with van der Waals surface area (Å²) in [6.45, 7) is 0.508. The number of halogens is 1. The molecule has 138 valence electrons. The van der Waals surface area contributed by atoms with Gasteiger partial charge in [0.1, 0.15) is 12.4 Å². The van der Waals surface area contributed by atoms with Gasteiger partial charge in [0.15, 0.2) is 0 Å². The zero-order valence-electron chi connectivity index (χ0n) is 14.2. The van der Waals surface area contributed by atoms with E-state index in [1.165, 1.54) is 25.3 Å². The van der Waals surface area contributed by atoms with Crippen molar-refractivity contribution in [2.75, 3.05) is 29.9 Å². The number of ether oxygens (including phenoxy) is 1. The van der Waals surface area contributed by atoms with Crippen molar-refractivity contribution >= 4 is 27.3 Å². The van der Waals surface area contributed by atoms with Gasteiger partial charge in [-0.2, -0.15) is 0 Å². The van der Waals surface area contributed by atoms with E-state index in [2.05, 4.69) is 4.72 Å². The van der Waals surface area contributed by atoms with Gasteiger partial charge in [-0.1, -0.05) is 12.1 Å². The second kappa shape index (κ2) is 7.43. The average molecular weight is 378 g/mol. The van der Waals surface area contributed by atoms with E-state index in [9.17, 15) is 17.6 Å². The Bertz CT molecular complexity index is 931. The largest absolute Gasteiger partial charge is 0.375 e. The quantitative estimate of drug-likeness (QED) is 0.868. The van der Waals surface area contributed by atoms with Crippen LogP contribution >= 0.6 is 0 Å². The van der Waals surface area contributed by atoms with Crippen LogP contribution in [0.2, 0.25) is 0 Å². The van der Waals surface area contributed by atoms with E-state index in [0.717, 1.165) is 24.5 Å². The molecule has 1 amide bonds.